The Labute approximate surface area is 164 Å². The second-order valence-corrected chi connectivity index (χ2v) is 8.49. The van der Waals surface area contributed by atoms with Crippen LogP contribution in [-0.4, -0.2) is 51.4 Å². The third-order valence-corrected chi connectivity index (χ3v) is 6.73. The van der Waals surface area contributed by atoms with Gasteiger partial charge in [-0.05, 0) is 51.8 Å². The van der Waals surface area contributed by atoms with Crippen LogP contribution in [-0.2, 0) is 17.9 Å². The van der Waals surface area contributed by atoms with Gasteiger partial charge in [-0.1, -0.05) is 13.8 Å². The van der Waals surface area contributed by atoms with E-state index in [2.05, 4.69) is 18.7 Å². The first-order valence-electron chi connectivity index (χ1n) is 9.95. The normalized spacial score (nSPS) is 15.1. The van der Waals surface area contributed by atoms with Crippen molar-refractivity contribution in [1.82, 2.24) is 19.4 Å². The summed E-state index contributed by atoms with van der Waals surface area (Å²) in [5.41, 5.74) is 0.912. The fraction of sp³-hybridized carbons (Fsp3) is 0.650. The first-order valence-corrected chi connectivity index (χ1v) is 10.8. The van der Waals surface area contributed by atoms with Gasteiger partial charge in [0.05, 0.1) is 11.9 Å². The number of hydrogen-bond acceptors (Lipinski definition) is 5. The fourth-order valence-electron chi connectivity index (χ4n) is 3.68. The average molecular weight is 391 g/mol. The van der Waals surface area contributed by atoms with Crippen LogP contribution in [0.5, 0.6) is 0 Å². The molecule has 0 spiro atoms. The van der Waals surface area contributed by atoms with Crippen LogP contribution in [0.3, 0.4) is 0 Å². The Kier molecular flexibility index (Phi) is 6.32. The van der Waals surface area contributed by atoms with Gasteiger partial charge >= 0.3 is 0 Å². The number of carbonyl (C=O) groups is 1. The second-order valence-electron chi connectivity index (χ2n) is 7.29. The number of aryl methyl sites for hydroxylation is 2. The first-order chi connectivity index (χ1) is 13.0. The van der Waals surface area contributed by atoms with Gasteiger partial charge in [-0.2, -0.15) is 0 Å². The molecular formula is C20H30N4O2S. The van der Waals surface area contributed by atoms with Crippen LogP contribution in [0.4, 0.5) is 0 Å². The molecule has 0 N–H and O–H groups in total. The zero-order valence-electron chi connectivity index (χ0n) is 16.9. The predicted molar refractivity (Wildman–Crippen MR) is 110 cm³/mol. The highest BCUT2D eigenvalue weighted by atomic mass is 32.1. The van der Waals surface area contributed by atoms with Gasteiger partial charge in [-0.25, -0.2) is 4.98 Å². The molecule has 1 amide bonds. The molecule has 1 aliphatic heterocycles. The zero-order chi connectivity index (χ0) is 19.6. The van der Waals surface area contributed by atoms with E-state index in [-0.39, 0.29) is 18.0 Å². The van der Waals surface area contributed by atoms with Crippen molar-refractivity contribution >= 4 is 27.5 Å². The van der Waals surface area contributed by atoms with Crippen molar-refractivity contribution in [2.24, 2.45) is 0 Å². The van der Waals surface area contributed by atoms with Crippen LogP contribution < -0.4 is 5.56 Å². The maximum Gasteiger partial charge on any atom is 0.263 e. The molecule has 0 saturated carbocycles. The number of nitrogens with zero attached hydrogens (tertiary/aromatic N) is 4. The van der Waals surface area contributed by atoms with Crippen molar-refractivity contribution in [3.8, 4) is 0 Å². The average Bonchev–Trinajstić information content (AvgIpc) is 2.97. The summed E-state index contributed by atoms with van der Waals surface area (Å²) >= 11 is 1.57. The van der Waals surface area contributed by atoms with Crippen LogP contribution in [0.2, 0.25) is 0 Å². The molecule has 1 fully saturated rings. The van der Waals surface area contributed by atoms with Crippen molar-refractivity contribution in [1.29, 1.82) is 0 Å². The molecule has 0 bridgehead atoms. The van der Waals surface area contributed by atoms with Crippen molar-refractivity contribution in [2.45, 2.75) is 60.0 Å². The van der Waals surface area contributed by atoms with Crippen molar-refractivity contribution in [3.05, 3.63) is 26.6 Å². The number of piperidine rings is 1. The molecule has 1 saturated heterocycles. The van der Waals surface area contributed by atoms with Gasteiger partial charge in [0.2, 0.25) is 5.91 Å². The van der Waals surface area contributed by atoms with Gasteiger partial charge in [0, 0.05) is 18.0 Å². The van der Waals surface area contributed by atoms with Gasteiger partial charge in [0.25, 0.3) is 5.56 Å². The highest BCUT2D eigenvalue weighted by Gasteiger charge is 2.22. The lowest BCUT2D eigenvalue weighted by atomic mass is 10.1. The molecule has 2 aromatic rings. The van der Waals surface area contributed by atoms with E-state index in [0.717, 1.165) is 54.3 Å². The van der Waals surface area contributed by atoms with Gasteiger partial charge in [-0.15, -0.1) is 11.3 Å². The molecule has 1 aliphatic rings. The van der Waals surface area contributed by atoms with Crippen LogP contribution in [0.1, 0.15) is 49.4 Å². The zero-order valence-corrected chi connectivity index (χ0v) is 17.7. The second kappa shape index (κ2) is 8.52. The summed E-state index contributed by atoms with van der Waals surface area (Å²) in [5, 5.41) is 0.673. The minimum atomic E-state index is -0.0747. The molecule has 3 rings (SSSR count). The predicted octanol–water partition coefficient (Wildman–Crippen LogP) is 2.93. The molecule has 0 radical (unpaired) electrons. The van der Waals surface area contributed by atoms with E-state index in [4.69, 9.17) is 4.98 Å². The summed E-state index contributed by atoms with van der Waals surface area (Å²) in [6.07, 6.45) is 3.28. The number of thiophene rings is 1. The summed E-state index contributed by atoms with van der Waals surface area (Å²) in [6, 6.07) is 0. The van der Waals surface area contributed by atoms with Crippen molar-refractivity contribution < 1.29 is 4.79 Å². The Hall–Kier alpha value is -1.73. The largest absolute Gasteiger partial charge is 0.341 e. The van der Waals surface area contributed by atoms with Crippen LogP contribution in [0.25, 0.3) is 10.2 Å². The van der Waals surface area contributed by atoms with E-state index >= 15 is 0 Å². The number of carbonyl (C=O) groups excluding carboxylic acids is 1. The van der Waals surface area contributed by atoms with Crippen molar-refractivity contribution in [3.63, 3.8) is 0 Å². The molecule has 7 heteroatoms. The molecule has 0 unspecified atom stereocenters. The van der Waals surface area contributed by atoms with Crippen LogP contribution >= 0.6 is 11.3 Å². The Morgan fingerprint density at radius 2 is 1.81 bits per heavy atom. The number of likely N-dealkylation sites (tertiary alicyclic amines) is 1. The molecule has 148 valence electrons. The maximum atomic E-state index is 13.3. The first kappa shape index (κ1) is 20.0. The number of rotatable bonds is 6. The number of amides is 1. The Bertz CT molecular complexity index is 876. The third-order valence-electron chi connectivity index (χ3n) is 5.63. The monoisotopic (exact) mass is 390 g/mol. The molecule has 0 atom stereocenters. The molecule has 2 aromatic heterocycles. The standard InChI is InChI=1S/C20H30N4O2S/c1-5-22(6-2)12-16-21-19-18(14(3)15(4)27-19)20(26)24(16)13-17(25)23-10-8-7-9-11-23/h5-13H2,1-4H3. The van der Waals surface area contributed by atoms with Gasteiger partial charge in [0.15, 0.2) is 0 Å². The van der Waals surface area contributed by atoms with E-state index in [1.165, 1.54) is 6.42 Å². The van der Waals surface area contributed by atoms with E-state index in [1.54, 1.807) is 15.9 Å². The Morgan fingerprint density at radius 3 is 2.44 bits per heavy atom. The molecule has 0 aromatic carbocycles. The number of hydrogen-bond donors (Lipinski definition) is 0. The topological polar surface area (TPSA) is 58.4 Å². The lowest BCUT2D eigenvalue weighted by Gasteiger charge is -2.27. The molecule has 27 heavy (non-hydrogen) atoms. The quantitative estimate of drug-likeness (QED) is 0.761. The van der Waals surface area contributed by atoms with Gasteiger partial charge in [-0.3, -0.25) is 19.1 Å². The summed E-state index contributed by atoms with van der Waals surface area (Å²) in [5.74, 6) is 0.728. The van der Waals surface area contributed by atoms with Gasteiger partial charge < -0.3 is 4.90 Å². The minimum absolute atomic E-state index is 0.0309. The lowest BCUT2D eigenvalue weighted by molar-refractivity contribution is -0.132. The summed E-state index contributed by atoms with van der Waals surface area (Å²) in [6.45, 7) is 12.2. The maximum absolute atomic E-state index is 13.3. The molecular weight excluding hydrogens is 360 g/mol. The van der Waals surface area contributed by atoms with Gasteiger partial charge in [0.1, 0.15) is 17.2 Å². The molecule has 0 aliphatic carbocycles. The van der Waals surface area contributed by atoms with Crippen LogP contribution in [0.15, 0.2) is 4.79 Å². The highest BCUT2D eigenvalue weighted by Crippen LogP contribution is 2.26. The number of aromatic nitrogens is 2. The lowest BCUT2D eigenvalue weighted by Crippen LogP contribution is -2.41. The Morgan fingerprint density at radius 1 is 1.15 bits per heavy atom. The number of fused-ring (bicyclic) bond motifs is 1. The smallest absolute Gasteiger partial charge is 0.263 e. The SMILES string of the molecule is CCN(CC)Cc1nc2sc(C)c(C)c2c(=O)n1CC(=O)N1CCCCC1. The fourth-order valence-corrected chi connectivity index (χ4v) is 4.72. The van der Waals surface area contributed by atoms with Crippen molar-refractivity contribution in [2.75, 3.05) is 26.2 Å². The minimum Gasteiger partial charge on any atom is -0.341 e. The molecule has 6 nitrogen and oxygen atoms in total. The van der Waals surface area contributed by atoms with E-state index < -0.39 is 0 Å². The van der Waals surface area contributed by atoms with Crippen LogP contribution in [0, 0.1) is 13.8 Å². The Balaban J connectivity index is 2.03. The van der Waals surface area contributed by atoms with E-state index in [1.807, 2.05) is 18.7 Å². The van der Waals surface area contributed by atoms with E-state index in [9.17, 15) is 9.59 Å². The third kappa shape index (κ3) is 4.09. The van der Waals surface area contributed by atoms with E-state index in [0.29, 0.717) is 17.8 Å². The summed E-state index contributed by atoms with van der Waals surface area (Å²) in [4.78, 5) is 37.0. The summed E-state index contributed by atoms with van der Waals surface area (Å²) in [7, 11) is 0. The molecule has 3 heterocycles. The highest BCUT2D eigenvalue weighted by molar-refractivity contribution is 7.18. The summed E-state index contributed by atoms with van der Waals surface area (Å²) < 4.78 is 1.62.